The Hall–Kier alpha value is -5.44. The van der Waals surface area contributed by atoms with Gasteiger partial charge in [0.1, 0.15) is 17.4 Å². The minimum absolute atomic E-state index is 0.203. The quantitative estimate of drug-likeness (QED) is 0.166. The van der Waals surface area contributed by atoms with Gasteiger partial charge in [-0.15, -0.1) is 0 Å². The summed E-state index contributed by atoms with van der Waals surface area (Å²) >= 11 is 0. The lowest BCUT2D eigenvalue weighted by atomic mass is 9.92. The Labute approximate surface area is 249 Å². The molecular formula is C34H33N7O2. The molecule has 0 aliphatic heterocycles. The zero-order chi connectivity index (χ0) is 30.1. The average Bonchev–Trinajstić information content (AvgIpc) is 3.65. The molecule has 0 spiro atoms. The fourth-order valence-corrected chi connectivity index (χ4v) is 5.00. The number of anilines is 2. The van der Waals surface area contributed by atoms with Crippen molar-refractivity contribution in [2.24, 2.45) is 0 Å². The van der Waals surface area contributed by atoms with Gasteiger partial charge < -0.3 is 15.4 Å². The molecular weight excluding hydrogens is 538 g/mol. The van der Waals surface area contributed by atoms with Gasteiger partial charge in [0, 0.05) is 46.9 Å². The van der Waals surface area contributed by atoms with Gasteiger partial charge in [0.25, 0.3) is 0 Å². The Morgan fingerprint density at radius 3 is 2.47 bits per heavy atom. The number of pyridine rings is 1. The summed E-state index contributed by atoms with van der Waals surface area (Å²) in [5.74, 6) is 1.53. The zero-order valence-corrected chi connectivity index (χ0v) is 24.5. The number of aromatic nitrogens is 5. The highest BCUT2D eigenvalue weighted by Gasteiger charge is 2.22. The van der Waals surface area contributed by atoms with Crippen molar-refractivity contribution in [1.82, 2.24) is 24.7 Å². The van der Waals surface area contributed by atoms with E-state index in [4.69, 9.17) is 5.10 Å². The van der Waals surface area contributed by atoms with E-state index in [9.17, 15) is 9.90 Å². The second-order valence-corrected chi connectivity index (χ2v) is 11.6. The Kier molecular flexibility index (Phi) is 7.15. The van der Waals surface area contributed by atoms with E-state index < -0.39 is 0 Å². The third-order valence-corrected chi connectivity index (χ3v) is 7.34. The molecule has 0 unspecified atom stereocenters. The van der Waals surface area contributed by atoms with E-state index >= 15 is 0 Å². The molecule has 0 radical (unpaired) electrons. The van der Waals surface area contributed by atoms with Gasteiger partial charge in [-0.25, -0.2) is 14.5 Å². The maximum Gasteiger partial charge on any atom is 0.324 e. The summed E-state index contributed by atoms with van der Waals surface area (Å²) in [6, 6.07) is 22.7. The Balaban J connectivity index is 1.28. The first-order chi connectivity index (χ1) is 20.7. The summed E-state index contributed by atoms with van der Waals surface area (Å²) in [5, 5.41) is 23.4. The van der Waals surface area contributed by atoms with Crippen LogP contribution in [-0.2, 0) is 11.8 Å². The predicted octanol–water partition coefficient (Wildman–Crippen LogP) is 7.36. The molecule has 6 rings (SSSR count). The topological polar surface area (TPSA) is 121 Å². The van der Waals surface area contributed by atoms with Gasteiger partial charge in [0.2, 0.25) is 0 Å². The van der Waals surface area contributed by atoms with Crippen LogP contribution < -0.4 is 10.6 Å². The minimum atomic E-state index is -0.389. The molecule has 3 aromatic heterocycles. The monoisotopic (exact) mass is 571 g/mol. The Bertz CT molecular complexity index is 1920. The zero-order valence-electron chi connectivity index (χ0n) is 24.5. The van der Waals surface area contributed by atoms with Gasteiger partial charge in [0.05, 0.1) is 23.3 Å². The van der Waals surface area contributed by atoms with Crippen LogP contribution in [0.5, 0.6) is 5.75 Å². The molecule has 0 aliphatic carbocycles. The number of imidazole rings is 1. The van der Waals surface area contributed by atoms with Crippen molar-refractivity contribution in [3.8, 4) is 22.6 Å². The molecule has 0 atom stereocenters. The van der Waals surface area contributed by atoms with Crippen molar-refractivity contribution in [3.05, 3.63) is 114 Å². The van der Waals surface area contributed by atoms with Crippen LogP contribution in [0.3, 0.4) is 0 Å². The summed E-state index contributed by atoms with van der Waals surface area (Å²) in [6.45, 7) is 8.17. The largest absolute Gasteiger partial charge is 0.508 e. The number of amides is 2. The lowest BCUT2D eigenvalue weighted by Crippen LogP contribution is -2.21. The summed E-state index contributed by atoms with van der Waals surface area (Å²) in [7, 11) is 0. The van der Waals surface area contributed by atoms with E-state index in [1.807, 2.05) is 73.7 Å². The number of rotatable bonds is 6. The fourth-order valence-electron chi connectivity index (χ4n) is 5.00. The second kappa shape index (κ2) is 11.1. The van der Waals surface area contributed by atoms with E-state index in [2.05, 4.69) is 46.4 Å². The molecule has 4 N–H and O–H groups in total. The third-order valence-electron chi connectivity index (χ3n) is 7.34. The maximum atomic E-state index is 13.4. The summed E-state index contributed by atoms with van der Waals surface area (Å²) in [4.78, 5) is 25.1. The fraction of sp³-hybridized carbons (Fsp3) is 0.176. The number of carbonyl (C=O) groups is 1. The van der Waals surface area contributed by atoms with Gasteiger partial charge in [-0.3, -0.25) is 10.3 Å². The van der Waals surface area contributed by atoms with Crippen molar-refractivity contribution in [2.45, 2.75) is 39.5 Å². The van der Waals surface area contributed by atoms with Crippen LogP contribution in [0.1, 0.15) is 43.5 Å². The number of H-pyrrole nitrogens is 1. The van der Waals surface area contributed by atoms with Crippen LogP contribution in [0.15, 0.2) is 91.4 Å². The molecule has 216 valence electrons. The molecule has 3 aromatic carbocycles. The van der Waals surface area contributed by atoms with Crippen LogP contribution in [0.25, 0.3) is 27.6 Å². The highest BCUT2D eigenvalue weighted by Crippen LogP contribution is 2.36. The van der Waals surface area contributed by atoms with Crippen molar-refractivity contribution in [3.63, 3.8) is 0 Å². The van der Waals surface area contributed by atoms with Gasteiger partial charge in [-0.1, -0.05) is 63.2 Å². The number of phenols is 1. The van der Waals surface area contributed by atoms with E-state index in [-0.39, 0.29) is 17.2 Å². The number of aromatic hydroxyl groups is 1. The number of urea groups is 1. The molecule has 3 heterocycles. The van der Waals surface area contributed by atoms with E-state index in [0.29, 0.717) is 17.9 Å². The number of carbonyl (C=O) groups excluding carboxylic acids is 1. The SMILES string of the molecule is Cc1ccc(-n2nc(C(C)(C)C)cc2NC(=O)Nc2ccc(-c3ccc(Cc4ncc[nH]4)c(O)c3)c3ccccc23)cn1. The first-order valence-corrected chi connectivity index (χ1v) is 14.1. The van der Waals surface area contributed by atoms with E-state index in [0.717, 1.165) is 50.4 Å². The summed E-state index contributed by atoms with van der Waals surface area (Å²) in [5.41, 5.74) is 5.55. The van der Waals surface area contributed by atoms with E-state index in [1.165, 1.54) is 0 Å². The van der Waals surface area contributed by atoms with Crippen LogP contribution in [0.4, 0.5) is 16.3 Å². The molecule has 9 nitrogen and oxygen atoms in total. The van der Waals surface area contributed by atoms with Crippen molar-refractivity contribution < 1.29 is 9.90 Å². The number of benzene rings is 3. The Morgan fingerprint density at radius 1 is 0.953 bits per heavy atom. The number of nitrogens with zero attached hydrogens (tertiary/aromatic N) is 4. The smallest absolute Gasteiger partial charge is 0.324 e. The van der Waals surface area contributed by atoms with Crippen molar-refractivity contribution in [2.75, 3.05) is 10.6 Å². The molecule has 0 aliphatic rings. The number of fused-ring (bicyclic) bond motifs is 1. The number of nitrogens with one attached hydrogen (secondary N) is 3. The number of aromatic amines is 1. The summed E-state index contributed by atoms with van der Waals surface area (Å²) < 4.78 is 1.70. The molecule has 0 saturated heterocycles. The molecule has 43 heavy (non-hydrogen) atoms. The Morgan fingerprint density at radius 2 is 1.77 bits per heavy atom. The maximum absolute atomic E-state index is 13.4. The number of hydrogen-bond acceptors (Lipinski definition) is 5. The lowest BCUT2D eigenvalue weighted by molar-refractivity contribution is 0.262. The van der Waals surface area contributed by atoms with Crippen LogP contribution in [0.2, 0.25) is 0 Å². The van der Waals surface area contributed by atoms with E-state index in [1.54, 1.807) is 29.3 Å². The molecule has 0 fully saturated rings. The first kappa shape index (κ1) is 27.7. The van der Waals surface area contributed by atoms with Crippen LogP contribution in [0, 0.1) is 6.92 Å². The molecule has 2 amide bonds. The van der Waals surface area contributed by atoms with Crippen molar-refractivity contribution in [1.29, 1.82) is 0 Å². The third kappa shape index (κ3) is 5.83. The first-order valence-electron chi connectivity index (χ1n) is 14.1. The standard InChI is InChI=1S/C34H33N7O2/c1-21-9-12-24(20-37-21)41-32(19-30(40-41)34(2,3)4)39-33(43)38-28-14-13-25(26-7-5-6-8-27(26)28)22-10-11-23(29(42)17-22)18-31-35-15-16-36-31/h5-17,19-20,42H,18H2,1-4H3,(H,35,36)(H2,38,39,43). The second-order valence-electron chi connectivity index (χ2n) is 11.6. The van der Waals surface area contributed by atoms with Crippen LogP contribution >= 0.6 is 0 Å². The minimum Gasteiger partial charge on any atom is -0.508 e. The average molecular weight is 572 g/mol. The number of aryl methyl sites for hydroxylation is 1. The predicted molar refractivity (Wildman–Crippen MR) is 170 cm³/mol. The molecule has 6 aromatic rings. The molecule has 0 bridgehead atoms. The molecule has 0 saturated carbocycles. The van der Waals surface area contributed by atoms with Gasteiger partial charge in [-0.2, -0.15) is 5.10 Å². The van der Waals surface area contributed by atoms with Gasteiger partial charge >= 0.3 is 6.03 Å². The molecule has 9 heteroatoms. The highest BCUT2D eigenvalue weighted by atomic mass is 16.3. The number of hydrogen-bond donors (Lipinski definition) is 4. The number of phenolic OH excluding ortho intramolecular Hbond substituents is 1. The van der Waals surface area contributed by atoms with Crippen LogP contribution in [-0.4, -0.2) is 35.9 Å². The highest BCUT2D eigenvalue weighted by molar-refractivity contribution is 6.09. The normalized spacial score (nSPS) is 11.5. The van der Waals surface area contributed by atoms with Gasteiger partial charge in [-0.05, 0) is 47.7 Å². The van der Waals surface area contributed by atoms with Gasteiger partial charge in [0.15, 0.2) is 0 Å². The van der Waals surface area contributed by atoms with Crippen molar-refractivity contribution >= 4 is 28.3 Å². The lowest BCUT2D eigenvalue weighted by Gasteiger charge is -2.14. The summed E-state index contributed by atoms with van der Waals surface area (Å²) in [6.07, 6.45) is 5.71.